The van der Waals surface area contributed by atoms with Gasteiger partial charge in [0.2, 0.25) is 0 Å². The van der Waals surface area contributed by atoms with E-state index in [0.717, 1.165) is 24.8 Å². The maximum Gasteiger partial charge on any atom is 0.334 e. The third-order valence-corrected chi connectivity index (χ3v) is 6.71. The fourth-order valence-electron chi connectivity index (χ4n) is 3.67. The highest BCUT2D eigenvalue weighted by atomic mass is 32.2. The van der Waals surface area contributed by atoms with Gasteiger partial charge in [-0.3, -0.25) is 20.2 Å². The van der Waals surface area contributed by atoms with Crippen LogP contribution in [0.25, 0.3) is 5.69 Å². The number of aromatic amines is 1. The first kappa shape index (κ1) is 22.5. The molecular weight excluding hydrogens is 442 g/mol. The van der Waals surface area contributed by atoms with Crippen molar-refractivity contribution in [3.05, 3.63) is 76.1 Å². The second-order valence-electron chi connectivity index (χ2n) is 7.85. The van der Waals surface area contributed by atoms with Crippen LogP contribution in [0, 0.1) is 6.92 Å². The zero-order valence-electron chi connectivity index (χ0n) is 18.2. The van der Waals surface area contributed by atoms with Gasteiger partial charge in [0, 0.05) is 6.54 Å². The molecule has 9 nitrogen and oxygen atoms in total. The fourth-order valence-corrected chi connectivity index (χ4v) is 4.58. The van der Waals surface area contributed by atoms with Crippen molar-refractivity contribution in [3.63, 3.8) is 0 Å². The van der Waals surface area contributed by atoms with E-state index < -0.39 is 16.1 Å². The van der Waals surface area contributed by atoms with Gasteiger partial charge in [-0.25, -0.2) is 22.6 Å². The van der Waals surface area contributed by atoms with E-state index in [1.807, 2.05) is 17.7 Å². The number of sulfonamides is 1. The first-order chi connectivity index (χ1) is 15.8. The summed E-state index contributed by atoms with van der Waals surface area (Å²) in [6, 6.07) is 14.1. The molecule has 2 aromatic carbocycles. The lowest BCUT2D eigenvalue weighted by atomic mass is 10.1. The van der Waals surface area contributed by atoms with E-state index in [2.05, 4.69) is 15.4 Å². The van der Waals surface area contributed by atoms with E-state index in [1.165, 1.54) is 16.8 Å². The van der Waals surface area contributed by atoms with Crippen LogP contribution in [-0.2, 0) is 10.0 Å². The summed E-state index contributed by atoms with van der Waals surface area (Å²) in [5.74, 6) is 0.0982. The number of para-hydroxylation sites is 1. The molecule has 33 heavy (non-hydrogen) atoms. The Morgan fingerprint density at radius 1 is 1.03 bits per heavy atom. The molecule has 4 rings (SSSR count). The SMILES string of the molecule is Cc1ccc(S(=O)(=O)NC(=O)Nc2[nH]n(-c3ccccc3)c(=O)c2C2=NCCCCC2)cc1. The van der Waals surface area contributed by atoms with Gasteiger partial charge in [-0.15, -0.1) is 0 Å². The molecule has 1 aliphatic rings. The number of hydrogen-bond donors (Lipinski definition) is 3. The third-order valence-electron chi connectivity index (χ3n) is 5.36. The summed E-state index contributed by atoms with van der Waals surface area (Å²) < 4.78 is 28.5. The van der Waals surface area contributed by atoms with E-state index >= 15 is 0 Å². The predicted molar refractivity (Wildman–Crippen MR) is 127 cm³/mol. The minimum Gasteiger partial charge on any atom is -0.291 e. The topological polar surface area (TPSA) is 125 Å². The van der Waals surface area contributed by atoms with Crippen LogP contribution in [0.4, 0.5) is 10.6 Å². The number of anilines is 1. The summed E-state index contributed by atoms with van der Waals surface area (Å²) in [4.78, 5) is 30.5. The second kappa shape index (κ2) is 9.45. The number of aryl methyl sites for hydroxylation is 1. The van der Waals surface area contributed by atoms with Gasteiger partial charge in [-0.05, 0) is 50.5 Å². The van der Waals surface area contributed by atoms with Crippen LogP contribution in [0.2, 0.25) is 0 Å². The summed E-state index contributed by atoms with van der Waals surface area (Å²) >= 11 is 0. The van der Waals surface area contributed by atoms with E-state index in [-0.39, 0.29) is 21.8 Å². The lowest BCUT2D eigenvalue weighted by molar-refractivity contribution is 0.256. The van der Waals surface area contributed by atoms with Crippen LogP contribution in [0.3, 0.4) is 0 Å². The second-order valence-corrected chi connectivity index (χ2v) is 9.53. The number of amides is 2. The van der Waals surface area contributed by atoms with Crippen LogP contribution in [0.5, 0.6) is 0 Å². The molecule has 3 N–H and O–H groups in total. The fraction of sp³-hybridized carbons (Fsp3) is 0.261. The Kier molecular flexibility index (Phi) is 6.45. The number of benzene rings is 2. The molecule has 0 spiro atoms. The Bertz CT molecular complexity index is 1340. The summed E-state index contributed by atoms with van der Waals surface area (Å²) in [6.07, 6.45) is 3.41. The Labute approximate surface area is 191 Å². The molecule has 0 unspecified atom stereocenters. The first-order valence-corrected chi connectivity index (χ1v) is 12.2. The number of aromatic nitrogens is 2. The van der Waals surface area contributed by atoms with E-state index in [1.54, 1.807) is 36.4 Å². The van der Waals surface area contributed by atoms with Gasteiger partial charge < -0.3 is 0 Å². The van der Waals surface area contributed by atoms with Crippen molar-refractivity contribution in [1.82, 2.24) is 14.5 Å². The average molecular weight is 468 g/mol. The van der Waals surface area contributed by atoms with Crippen LogP contribution in [-0.4, -0.2) is 36.5 Å². The van der Waals surface area contributed by atoms with Gasteiger partial charge in [-0.2, -0.15) is 0 Å². The summed E-state index contributed by atoms with van der Waals surface area (Å²) in [7, 11) is -4.09. The summed E-state index contributed by atoms with van der Waals surface area (Å²) in [5.41, 5.74) is 1.95. The van der Waals surface area contributed by atoms with Crippen molar-refractivity contribution >= 4 is 27.6 Å². The Morgan fingerprint density at radius 2 is 1.76 bits per heavy atom. The van der Waals surface area contributed by atoms with E-state index in [4.69, 9.17) is 0 Å². The molecule has 2 heterocycles. The number of rotatable bonds is 5. The molecule has 0 bridgehead atoms. The number of urea groups is 1. The Hall–Kier alpha value is -3.66. The van der Waals surface area contributed by atoms with Gasteiger partial charge in [0.15, 0.2) is 0 Å². The first-order valence-electron chi connectivity index (χ1n) is 10.7. The van der Waals surface area contributed by atoms with Crippen molar-refractivity contribution in [1.29, 1.82) is 0 Å². The number of H-pyrrole nitrogens is 1. The Morgan fingerprint density at radius 3 is 2.48 bits per heavy atom. The van der Waals surface area contributed by atoms with E-state index in [9.17, 15) is 18.0 Å². The van der Waals surface area contributed by atoms with Crippen LogP contribution >= 0.6 is 0 Å². The van der Waals surface area contributed by atoms with E-state index in [0.29, 0.717) is 24.4 Å². The van der Waals surface area contributed by atoms with Crippen molar-refractivity contribution in [2.24, 2.45) is 4.99 Å². The van der Waals surface area contributed by atoms with Crippen molar-refractivity contribution in [2.75, 3.05) is 11.9 Å². The minimum atomic E-state index is -4.09. The molecule has 10 heteroatoms. The molecule has 0 saturated carbocycles. The molecule has 0 saturated heterocycles. The predicted octanol–water partition coefficient (Wildman–Crippen LogP) is 3.35. The number of nitrogens with one attached hydrogen (secondary N) is 3. The zero-order chi connectivity index (χ0) is 23.4. The molecule has 2 amide bonds. The van der Waals surface area contributed by atoms with Gasteiger partial charge in [0.05, 0.1) is 16.3 Å². The van der Waals surface area contributed by atoms with Crippen molar-refractivity contribution in [2.45, 2.75) is 37.5 Å². The van der Waals surface area contributed by atoms with Gasteiger partial charge >= 0.3 is 6.03 Å². The maximum absolute atomic E-state index is 13.3. The third kappa shape index (κ3) is 5.06. The number of carbonyl (C=O) groups is 1. The normalized spacial score (nSPS) is 14.3. The number of aliphatic imine (C=N–C) groups is 1. The molecule has 0 fully saturated rings. The molecule has 0 aliphatic carbocycles. The molecule has 172 valence electrons. The molecule has 1 aliphatic heterocycles. The highest BCUT2D eigenvalue weighted by molar-refractivity contribution is 7.90. The highest BCUT2D eigenvalue weighted by Gasteiger charge is 2.24. The minimum absolute atomic E-state index is 0.0352. The Balaban J connectivity index is 1.67. The zero-order valence-corrected chi connectivity index (χ0v) is 19.0. The van der Waals surface area contributed by atoms with Gasteiger partial charge in [-0.1, -0.05) is 42.3 Å². The molecule has 1 aromatic heterocycles. The molecule has 0 atom stereocenters. The van der Waals surface area contributed by atoms with Crippen molar-refractivity contribution in [3.8, 4) is 5.69 Å². The quantitative estimate of drug-likeness (QED) is 0.532. The van der Waals surface area contributed by atoms with Crippen LogP contribution in [0.15, 0.2) is 69.3 Å². The number of nitrogens with zero attached hydrogens (tertiary/aromatic N) is 2. The van der Waals surface area contributed by atoms with Crippen LogP contribution in [0.1, 0.15) is 36.8 Å². The standard InChI is InChI=1S/C23H25N5O4S/c1-16-11-13-18(14-12-16)33(31,32)27-23(30)25-21-20(19-10-6-3-7-15-24-19)22(29)28(26-21)17-8-4-2-5-9-17/h2,4-5,8-9,11-14,26H,3,6-7,10,15H2,1H3,(H2,25,27,30). The highest BCUT2D eigenvalue weighted by Crippen LogP contribution is 2.19. The molecular formula is C23H25N5O4S. The van der Waals surface area contributed by atoms with Gasteiger partial charge in [0.1, 0.15) is 11.4 Å². The number of carbonyl (C=O) groups excluding carboxylic acids is 1. The smallest absolute Gasteiger partial charge is 0.291 e. The largest absolute Gasteiger partial charge is 0.334 e. The lowest BCUT2D eigenvalue weighted by Crippen LogP contribution is -2.35. The molecule has 0 radical (unpaired) electrons. The summed E-state index contributed by atoms with van der Waals surface area (Å²) in [6.45, 7) is 2.43. The van der Waals surface area contributed by atoms with Crippen LogP contribution < -0.4 is 15.6 Å². The lowest BCUT2D eigenvalue weighted by Gasteiger charge is -2.09. The maximum atomic E-state index is 13.3. The average Bonchev–Trinajstić information content (AvgIpc) is 2.94. The summed E-state index contributed by atoms with van der Waals surface area (Å²) in [5, 5.41) is 5.41. The van der Waals surface area contributed by atoms with Crippen molar-refractivity contribution < 1.29 is 13.2 Å². The monoisotopic (exact) mass is 467 g/mol. The number of hydrogen-bond acceptors (Lipinski definition) is 5. The van der Waals surface area contributed by atoms with Gasteiger partial charge in [0.25, 0.3) is 15.6 Å². The molecule has 3 aromatic rings.